The zero-order valence-corrected chi connectivity index (χ0v) is 31.8. The van der Waals surface area contributed by atoms with Gasteiger partial charge in [0.15, 0.2) is 0 Å². The number of rotatable bonds is 19. The molecule has 0 unspecified atom stereocenters. The second-order valence-electron chi connectivity index (χ2n) is 15.4. The van der Waals surface area contributed by atoms with Crippen molar-refractivity contribution in [3.63, 3.8) is 0 Å². The number of aryl methyl sites for hydroxylation is 2. The largest absolute Gasteiger partial charge is 0.490 e. The summed E-state index contributed by atoms with van der Waals surface area (Å²) in [5.41, 5.74) is 3.58. The lowest BCUT2D eigenvalue weighted by molar-refractivity contribution is -0.127. The van der Waals surface area contributed by atoms with Crippen molar-refractivity contribution in [1.82, 2.24) is 25.4 Å². The van der Waals surface area contributed by atoms with Crippen LogP contribution in [0.2, 0.25) is 0 Å². The van der Waals surface area contributed by atoms with E-state index in [1.165, 1.54) is 11.1 Å². The Morgan fingerprint density at radius 3 is 2.09 bits per heavy atom. The second kappa shape index (κ2) is 21.0. The first-order valence-electron chi connectivity index (χ1n) is 20.2. The van der Waals surface area contributed by atoms with E-state index in [4.69, 9.17) is 4.74 Å². The zero-order valence-electron chi connectivity index (χ0n) is 31.8. The molecule has 1 aliphatic heterocycles. The highest BCUT2D eigenvalue weighted by molar-refractivity contribution is 5.84. The number of nitrogens with zero attached hydrogens (tertiary/aromatic N) is 3. The molecule has 9 heteroatoms. The smallest absolute Gasteiger partial charge is 0.234 e. The number of hydrogen-bond acceptors (Lipinski definition) is 7. The van der Waals surface area contributed by atoms with Crippen molar-refractivity contribution >= 4 is 22.7 Å². The Morgan fingerprint density at radius 2 is 1.43 bits per heavy atom. The highest BCUT2D eigenvalue weighted by Gasteiger charge is 2.28. The summed E-state index contributed by atoms with van der Waals surface area (Å²) in [6.45, 7) is 4.99. The molecular formula is C45H59N5O4. The number of piperazine rings is 1. The summed E-state index contributed by atoms with van der Waals surface area (Å²) in [4.78, 5) is 35.2. The molecule has 3 aromatic carbocycles. The van der Waals surface area contributed by atoms with Gasteiger partial charge in [0.25, 0.3) is 0 Å². The highest BCUT2D eigenvalue weighted by atomic mass is 16.5. The monoisotopic (exact) mass is 733 g/mol. The number of aliphatic hydroxyl groups is 1. The van der Waals surface area contributed by atoms with Crippen LogP contribution in [0, 0.1) is 11.8 Å². The van der Waals surface area contributed by atoms with E-state index in [2.05, 4.69) is 86.1 Å². The van der Waals surface area contributed by atoms with E-state index < -0.39 is 6.10 Å². The molecule has 54 heavy (non-hydrogen) atoms. The molecule has 0 radical (unpaired) electrons. The molecule has 2 amide bonds. The quantitative estimate of drug-likeness (QED) is 0.108. The van der Waals surface area contributed by atoms with Crippen molar-refractivity contribution in [3.8, 4) is 5.75 Å². The first kappa shape index (κ1) is 39.4. The third kappa shape index (κ3) is 12.6. The minimum atomic E-state index is -0.607. The van der Waals surface area contributed by atoms with E-state index in [1.807, 2.05) is 30.3 Å². The van der Waals surface area contributed by atoms with Gasteiger partial charge in [-0.25, -0.2) is 0 Å². The molecule has 1 saturated carbocycles. The number of aromatic nitrogens is 1. The minimum Gasteiger partial charge on any atom is -0.490 e. The van der Waals surface area contributed by atoms with Gasteiger partial charge in [0.2, 0.25) is 11.8 Å². The Balaban J connectivity index is 0.846. The number of benzene rings is 3. The second-order valence-corrected chi connectivity index (χ2v) is 15.4. The Labute approximate surface area is 321 Å². The lowest BCUT2D eigenvalue weighted by atomic mass is 9.81. The number of β-amino-alcohol motifs (C(OH)–C–C–N with tert-alkyl or cyclic N) is 1. The number of hydrogen-bond donors (Lipinski definition) is 3. The summed E-state index contributed by atoms with van der Waals surface area (Å²) in [5.74, 6) is 1.48. The molecule has 3 N–H and O–H groups in total. The Kier molecular flexibility index (Phi) is 15.3. The summed E-state index contributed by atoms with van der Waals surface area (Å²) < 4.78 is 5.96. The first-order valence-corrected chi connectivity index (χ1v) is 20.2. The van der Waals surface area contributed by atoms with Gasteiger partial charge in [-0.15, -0.1) is 0 Å². The molecule has 1 aliphatic carbocycles. The zero-order chi connectivity index (χ0) is 37.4. The van der Waals surface area contributed by atoms with Crippen LogP contribution in [0.5, 0.6) is 5.75 Å². The number of ether oxygens (including phenoxy) is 1. The van der Waals surface area contributed by atoms with Crippen LogP contribution in [-0.4, -0.2) is 96.3 Å². The van der Waals surface area contributed by atoms with Crippen LogP contribution in [0.1, 0.15) is 62.5 Å². The van der Waals surface area contributed by atoms with Gasteiger partial charge in [0.1, 0.15) is 18.5 Å². The summed E-state index contributed by atoms with van der Waals surface area (Å²) in [6.07, 6.45) is 11.0. The van der Waals surface area contributed by atoms with Gasteiger partial charge in [-0.2, -0.15) is 0 Å². The van der Waals surface area contributed by atoms with Gasteiger partial charge >= 0.3 is 0 Å². The molecule has 2 aliphatic rings. The van der Waals surface area contributed by atoms with E-state index in [0.29, 0.717) is 25.6 Å². The molecule has 6 rings (SSSR count). The lowest BCUT2D eigenvalue weighted by Crippen LogP contribution is -2.51. The number of carbonyl (C=O) groups excluding carboxylic acids is 2. The number of carbonyl (C=O) groups is 2. The summed E-state index contributed by atoms with van der Waals surface area (Å²) in [7, 11) is 0. The predicted molar refractivity (Wildman–Crippen MR) is 215 cm³/mol. The van der Waals surface area contributed by atoms with Crippen molar-refractivity contribution < 1.29 is 19.4 Å². The van der Waals surface area contributed by atoms with E-state index >= 15 is 0 Å². The van der Waals surface area contributed by atoms with Crippen molar-refractivity contribution in [1.29, 1.82) is 0 Å². The fraction of sp³-hybridized carbons (Fsp3) is 0.489. The molecule has 2 heterocycles. The maximum absolute atomic E-state index is 13.5. The molecule has 2 fully saturated rings. The Morgan fingerprint density at radius 1 is 0.778 bits per heavy atom. The average Bonchev–Trinajstić information content (AvgIpc) is 3.21. The topological polar surface area (TPSA) is 107 Å². The molecule has 4 aromatic rings. The summed E-state index contributed by atoms with van der Waals surface area (Å²) in [5, 5.41) is 18.3. The van der Waals surface area contributed by atoms with Crippen LogP contribution >= 0.6 is 0 Å². The van der Waals surface area contributed by atoms with Crippen LogP contribution in [-0.2, 0) is 22.4 Å². The van der Waals surface area contributed by atoms with Crippen LogP contribution in [0.4, 0.5) is 0 Å². The maximum atomic E-state index is 13.5. The Bertz CT molecular complexity index is 1660. The van der Waals surface area contributed by atoms with Gasteiger partial charge in [-0.3, -0.25) is 24.4 Å². The average molecular weight is 734 g/mol. The number of fused-ring (bicyclic) bond motifs is 1. The number of pyridine rings is 1. The van der Waals surface area contributed by atoms with Crippen molar-refractivity contribution in [2.24, 2.45) is 11.8 Å². The fourth-order valence-electron chi connectivity index (χ4n) is 8.02. The van der Waals surface area contributed by atoms with Crippen molar-refractivity contribution in [3.05, 3.63) is 108 Å². The molecule has 1 aromatic heterocycles. The van der Waals surface area contributed by atoms with Crippen molar-refractivity contribution in [2.45, 2.75) is 76.4 Å². The van der Waals surface area contributed by atoms with Crippen LogP contribution in [0.15, 0.2) is 97.2 Å². The molecule has 288 valence electrons. The third-order valence-electron chi connectivity index (χ3n) is 11.2. The fourth-order valence-corrected chi connectivity index (χ4v) is 8.02. The van der Waals surface area contributed by atoms with E-state index in [1.54, 1.807) is 6.20 Å². The maximum Gasteiger partial charge on any atom is 0.234 e. The van der Waals surface area contributed by atoms with Gasteiger partial charge in [-0.05, 0) is 106 Å². The van der Waals surface area contributed by atoms with E-state index in [9.17, 15) is 14.7 Å². The van der Waals surface area contributed by atoms with Gasteiger partial charge in [-0.1, -0.05) is 66.7 Å². The van der Waals surface area contributed by atoms with Gasteiger partial charge in [0, 0.05) is 62.8 Å². The highest BCUT2D eigenvalue weighted by Crippen LogP contribution is 2.29. The number of nitrogens with one attached hydrogen (secondary N) is 2. The lowest BCUT2D eigenvalue weighted by Gasteiger charge is -2.35. The van der Waals surface area contributed by atoms with Crippen molar-refractivity contribution in [2.75, 3.05) is 52.4 Å². The SMILES string of the molecule is O=C(CN1CCN(C[C@@H](O)COc2cccc3ncccc23)CC1)NCC1CCC(C(=O)NC(CCCc2ccccc2)CCCc2ccccc2)CC1. The first-order chi connectivity index (χ1) is 26.5. The summed E-state index contributed by atoms with van der Waals surface area (Å²) in [6, 6.07) is 31.1. The Hall–Kier alpha value is -4.31. The van der Waals surface area contributed by atoms with Crippen LogP contribution < -0.4 is 15.4 Å². The molecule has 0 bridgehead atoms. The standard InChI is InChI=1S/C45H59N5O4/c51-40(34-54-43-21-9-20-42-41(43)19-10-26-46-42)32-49-27-29-50(30-28-49)33-44(52)47-31-37-22-24-38(25-23-37)45(53)48-39(17-7-15-35-11-3-1-4-12-35)18-8-16-36-13-5-2-6-14-36/h1-6,9-14,19-21,26,37-40,51H,7-8,15-18,22-25,27-34H2,(H,47,52)(H,48,53)/t37?,38?,40-/m1/s1. The molecule has 0 spiro atoms. The predicted octanol–water partition coefficient (Wildman–Crippen LogP) is 6.05. The number of aliphatic hydroxyl groups excluding tert-OH is 1. The van der Waals surface area contributed by atoms with E-state index in [-0.39, 0.29) is 30.4 Å². The van der Waals surface area contributed by atoms with Crippen LogP contribution in [0.25, 0.3) is 10.9 Å². The normalized spacial score (nSPS) is 18.7. The summed E-state index contributed by atoms with van der Waals surface area (Å²) >= 11 is 0. The molecular weight excluding hydrogens is 675 g/mol. The molecule has 1 saturated heterocycles. The minimum absolute atomic E-state index is 0.0552. The van der Waals surface area contributed by atoms with E-state index in [0.717, 1.165) is 107 Å². The van der Waals surface area contributed by atoms with Gasteiger partial charge in [0.05, 0.1) is 12.1 Å². The molecule has 9 nitrogen and oxygen atoms in total. The van der Waals surface area contributed by atoms with Gasteiger partial charge < -0.3 is 20.5 Å². The third-order valence-corrected chi connectivity index (χ3v) is 11.2. The van der Waals surface area contributed by atoms with Crippen LogP contribution in [0.3, 0.4) is 0 Å². The molecule has 1 atom stereocenters. The number of amides is 2.